The largest absolute Gasteiger partial charge is 0.493 e. The highest BCUT2D eigenvalue weighted by molar-refractivity contribution is 9.09. The van der Waals surface area contributed by atoms with E-state index >= 15 is 0 Å². The van der Waals surface area contributed by atoms with Gasteiger partial charge in [-0.25, -0.2) is 14.0 Å². The first-order chi connectivity index (χ1) is 9.21. The van der Waals surface area contributed by atoms with E-state index in [0.29, 0.717) is 29.1 Å². The molecule has 102 valence electrons. The van der Waals surface area contributed by atoms with Crippen LogP contribution in [-0.4, -0.2) is 33.9 Å². The van der Waals surface area contributed by atoms with Gasteiger partial charge >= 0.3 is 5.69 Å². The van der Waals surface area contributed by atoms with Crippen LogP contribution in [0, 0.1) is 0 Å². The molecule has 1 aromatic carbocycles. The zero-order chi connectivity index (χ0) is 13.8. The van der Waals surface area contributed by atoms with Crippen molar-refractivity contribution in [3.8, 4) is 17.2 Å². The van der Waals surface area contributed by atoms with E-state index in [2.05, 4.69) is 21.0 Å². The summed E-state index contributed by atoms with van der Waals surface area (Å²) in [6.45, 7) is 0.527. The first-order valence-electron chi connectivity index (χ1n) is 5.64. The summed E-state index contributed by atoms with van der Waals surface area (Å²) in [4.78, 5) is 12.1. The van der Waals surface area contributed by atoms with Crippen LogP contribution in [0.3, 0.4) is 0 Å². The molecule has 0 saturated heterocycles. The molecule has 0 N–H and O–H groups in total. The van der Waals surface area contributed by atoms with E-state index in [1.54, 1.807) is 32.4 Å². The third-order valence-corrected chi connectivity index (χ3v) is 3.03. The van der Waals surface area contributed by atoms with Crippen LogP contribution >= 0.6 is 15.9 Å². The SMILES string of the molecule is COc1ccc(-n2cnn(CCBr)c2=O)cc1OC. The fraction of sp³-hybridized carbons (Fsp3) is 0.333. The Morgan fingerprint density at radius 3 is 2.63 bits per heavy atom. The van der Waals surface area contributed by atoms with Crippen LogP contribution in [0.15, 0.2) is 29.3 Å². The predicted octanol–water partition coefficient (Wildman–Crippen LogP) is 1.45. The number of hydrogen-bond acceptors (Lipinski definition) is 4. The van der Waals surface area contributed by atoms with Crippen LogP contribution in [0.4, 0.5) is 0 Å². The van der Waals surface area contributed by atoms with Gasteiger partial charge in [-0.05, 0) is 12.1 Å². The van der Waals surface area contributed by atoms with Gasteiger partial charge in [-0.3, -0.25) is 0 Å². The van der Waals surface area contributed by atoms with E-state index < -0.39 is 0 Å². The Morgan fingerprint density at radius 1 is 1.26 bits per heavy atom. The molecule has 0 bridgehead atoms. The Labute approximate surface area is 118 Å². The number of halogens is 1. The molecule has 0 fully saturated rings. The molecule has 0 amide bonds. The molecular formula is C12H14BrN3O3. The maximum absolute atomic E-state index is 12.1. The summed E-state index contributed by atoms with van der Waals surface area (Å²) < 4.78 is 13.2. The third-order valence-electron chi connectivity index (χ3n) is 2.67. The van der Waals surface area contributed by atoms with Crippen molar-refractivity contribution in [3.05, 3.63) is 35.0 Å². The number of nitrogens with zero attached hydrogens (tertiary/aromatic N) is 3. The molecule has 6 nitrogen and oxygen atoms in total. The van der Waals surface area contributed by atoms with E-state index in [1.807, 2.05) is 0 Å². The Bertz CT molecular complexity index is 621. The van der Waals surface area contributed by atoms with E-state index in [4.69, 9.17) is 9.47 Å². The number of alkyl halides is 1. The fourth-order valence-electron chi connectivity index (χ4n) is 1.72. The predicted molar refractivity (Wildman–Crippen MR) is 74.7 cm³/mol. The van der Waals surface area contributed by atoms with Crippen molar-refractivity contribution in [1.82, 2.24) is 14.3 Å². The molecule has 1 heterocycles. The Kier molecular flexibility index (Phi) is 4.26. The number of rotatable bonds is 5. The topological polar surface area (TPSA) is 58.3 Å². The van der Waals surface area contributed by atoms with Crippen molar-refractivity contribution in [1.29, 1.82) is 0 Å². The highest BCUT2D eigenvalue weighted by Crippen LogP contribution is 2.28. The number of aromatic nitrogens is 3. The quantitative estimate of drug-likeness (QED) is 0.780. The van der Waals surface area contributed by atoms with Gasteiger partial charge in [0, 0.05) is 11.4 Å². The molecule has 1 aromatic heterocycles. The van der Waals surface area contributed by atoms with Crippen molar-refractivity contribution >= 4 is 15.9 Å². The lowest BCUT2D eigenvalue weighted by molar-refractivity contribution is 0.355. The summed E-state index contributed by atoms with van der Waals surface area (Å²) in [5, 5.41) is 4.72. The van der Waals surface area contributed by atoms with Gasteiger partial charge in [-0.2, -0.15) is 5.10 Å². The lowest BCUT2D eigenvalue weighted by Crippen LogP contribution is -2.24. The standard InChI is InChI=1S/C12H14BrN3O3/c1-18-10-4-3-9(7-11(10)19-2)15-8-14-16(6-5-13)12(15)17/h3-4,7-8H,5-6H2,1-2H3. The molecule has 0 aliphatic heterocycles. The molecule has 7 heteroatoms. The van der Waals surface area contributed by atoms with Gasteiger partial charge in [0.2, 0.25) is 0 Å². The summed E-state index contributed by atoms with van der Waals surface area (Å²) in [7, 11) is 3.12. The second-order valence-corrected chi connectivity index (χ2v) is 4.53. The highest BCUT2D eigenvalue weighted by Gasteiger charge is 2.10. The number of methoxy groups -OCH3 is 2. The highest BCUT2D eigenvalue weighted by atomic mass is 79.9. The lowest BCUT2D eigenvalue weighted by atomic mass is 10.2. The summed E-state index contributed by atoms with van der Waals surface area (Å²) >= 11 is 3.28. The Hall–Kier alpha value is -1.76. The Morgan fingerprint density at radius 2 is 2.00 bits per heavy atom. The maximum atomic E-state index is 12.1. The normalized spacial score (nSPS) is 10.5. The minimum atomic E-state index is -0.188. The third kappa shape index (κ3) is 2.65. The van der Waals surface area contributed by atoms with Gasteiger partial charge in [0.15, 0.2) is 11.5 Å². The summed E-state index contributed by atoms with van der Waals surface area (Å²) in [6, 6.07) is 5.27. The number of hydrogen-bond donors (Lipinski definition) is 0. The summed E-state index contributed by atoms with van der Waals surface area (Å²) in [5.41, 5.74) is 0.496. The van der Waals surface area contributed by atoms with Crippen LogP contribution < -0.4 is 15.2 Å². The molecule has 19 heavy (non-hydrogen) atoms. The van der Waals surface area contributed by atoms with Gasteiger partial charge in [-0.1, -0.05) is 15.9 Å². The summed E-state index contributed by atoms with van der Waals surface area (Å²) in [5.74, 6) is 1.19. The van der Waals surface area contributed by atoms with Gasteiger partial charge in [0.25, 0.3) is 0 Å². The van der Waals surface area contributed by atoms with Crippen LogP contribution in [0.2, 0.25) is 0 Å². The zero-order valence-corrected chi connectivity index (χ0v) is 12.3. The first-order valence-corrected chi connectivity index (χ1v) is 6.76. The fourth-order valence-corrected chi connectivity index (χ4v) is 2.06. The van der Waals surface area contributed by atoms with Crippen molar-refractivity contribution in [3.63, 3.8) is 0 Å². The second kappa shape index (κ2) is 5.92. The summed E-state index contributed by atoms with van der Waals surface area (Å²) in [6.07, 6.45) is 1.49. The van der Waals surface area contributed by atoms with Gasteiger partial charge in [0.1, 0.15) is 6.33 Å². The van der Waals surface area contributed by atoms with Crippen molar-refractivity contribution in [2.75, 3.05) is 19.5 Å². The maximum Gasteiger partial charge on any atom is 0.350 e. The van der Waals surface area contributed by atoms with E-state index in [1.165, 1.54) is 15.6 Å². The Balaban J connectivity index is 2.45. The van der Waals surface area contributed by atoms with Crippen LogP contribution in [0.1, 0.15) is 0 Å². The van der Waals surface area contributed by atoms with Crippen LogP contribution in [0.5, 0.6) is 11.5 Å². The average Bonchev–Trinajstić information content (AvgIpc) is 2.80. The number of ether oxygens (including phenoxy) is 2. The molecule has 0 spiro atoms. The van der Waals surface area contributed by atoms with Crippen molar-refractivity contribution in [2.45, 2.75) is 6.54 Å². The monoisotopic (exact) mass is 327 g/mol. The van der Waals surface area contributed by atoms with E-state index in [9.17, 15) is 4.79 Å². The molecule has 0 radical (unpaired) electrons. The lowest BCUT2D eigenvalue weighted by Gasteiger charge is -2.09. The minimum Gasteiger partial charge on any atom is -0.493 e. The van der Waals surface area contributed by atoms with Gasteiger partial charge in [0.05, 0.1) is 26.5 Å². The van der Waals surface area contributed by atoms with Gasteiger partial charge < -0.3 is 9.47 Å². The smallest absolute Gasteiger partial charge is 0.350 e. The molecule has 0 saturated carbocycles. The minimum absolute atomic E-state index is 0.188. The zero-order valence-electron chi connectivity index (χ0n) is 10.7. The molecule has 0 aliphatic carbocycles. The molecule has 2 rings (SSSR count). The van der Waals surface area contributed by atoms with Crippen molar-refractivity contribution in [2.24, 2.45) is 0 Å². The van der Waals surface area contributed by atoms with E-state index in [-0.39, 0.29) is 5.69 Å². The molecular weight excluding hydrogens is 314 g/mol. The van der Waals surface area contributed by atoms with Crippen LogP contribution in [-0.2, 0) is 6.54 Å². The first kappa shape index (κ1) is 13.7. The number of aryl methyl sites for hydroxylation is 1. The molecule has 0 atom stereocenters. The van der Waals surface area contributed by atoms with E-state index in [0.717, 1.165) is 0 Å². The van der Waals surface area contributed by atoms with Crippen molar-refractivity contribution < 1.29 is 9.47 Å². The molecule has 0 unspecified atom stereocenters. The molecule has 2 aromatic rings. The number of benzene rings is 1. The van der Waals surface area contributed by atoms with Gasteiger partial charge in [-0.15, -0.1) is 0 Å². The molecule has 0 aliphatic rings. The van der Waals surface area contributed by atoms with Crippen LogP contribution in [0.25, 0.3) is 5.69 Å². The second-order valence-electron chi connectivity index (χ2n) is 3.73. The average molecular weight is 328 g/mol.